The number of sulfonamides is 1. The molecule has 1 amide bonds. The van der Waals surface area contributed by atoms with Crippen LogP contribution in [0.3, 0.4) is 0 Å². The van der Waals surface area contributed by atoms with E-state index >= 15 is 0 Å². The molecule has 1 aromatic rings. The molecule has 5 nitrogen and oxygen atoms in total. The van der Waals surface area contributed by atoms with E-state index in [0.29, 0.717) is 25.9 Å². The first kappa shape index (κ1) is 13.5. The first-order valence-electron chi connectivity index (χ1n) is 5.74. The van der Waals surface area contributed by atoms with Gasteiger partial charge in [0.2, 0.25) is 15.9 Å². The molecule has 7 heteroatoms. The van der Waals surface area contributed by atoms with Gasteiger partial charge in [-0.05, 0) is 23.8 Å². The summed E-state index contributed by atoms with van der Waals surface area (Å²) >= 11 is 1.56. The Kier molecular flexibility index (Phi) is 4.04. The number of thiophene rings is 1. The Hall–Kier alpha value is -0.920. The molecule has 1 aliphatic heterocycles. The molecular weight excluding hydrogens is 272 g/mol. The minimum atomic E-state index is -3.44. The lowest BCUT2D eigenvalue weighted by molar-refractivity contribution is -0.129. The van der Waals surface area contributed by atoms with Crippen molar-refractivity contribution in [3.63, 3.8) is 0 Å². The molecule has 0 radical (unpaired) electrons. The number of hydrogen-bond acceptors (Lipinski definition) is 4. The molecule has 0 spiro atoms. The number of nitrogens with two attached hydrogens (primary N) is 1. The highest BCUT2D eigenvalue weighted by Gasteiger charge is 2.28. The Balaban J connectivity index is 1.87. The van der Waals surface area contributed by atoms with Gasteiger partial charge in [-0.1, -0.05) is 6.07 Å². The van der Waals surface area contributed by atoms with Crippen LogP contribution in [0.4, 0.5) is 0 Å². The Morgan fingerprint density at radius 2 is 2.33 bits per heavy atom. The van der Waals surface area contributed by atoms with E-state index in [1.165, 1.54) is 0 Å². The second kappa shape index (κ2) is 5.38. The molecule has 1 saturated heterocycles. The van der Waals surface area contributed by atoms with Crippen LogP contribution in [0.25, 0.3) is 0 Å². The highest BCUT2D eigenvalue weighted by Crippen LogP contribution is 2.19. The fourth-order valence-corrected chi connectivity index (χ4v) is 3.82. The van der Waals surface area contributed by atoms with Crippen LogP contribution in [0.2, 0.25) is 0 Å². The monoisotopic (exact) mass is 288 g/mol. The Morgan fingerprint density at radius 1 is 1.56 bits per heavy atom. The molecule has 100 valence electrons. The summed E-state index contributed by atoms with van der Waals surface area (Å²) < 4.78 is 22.0. The van der Waals surface area contributed by atoms with E-state index in [1.54, 1.807) is 16.2 Å². The number of carbonyl (C=O) groups excluding carboxylic acids is 1. The van der Waals surface area contributed by atoms with Gasteiger partial charge < -0.3 is 4.90 Å². The zero-order chi connectivity index (χ0) is 13.2. The largest absolute Gasteiger partial charge is 0.342 e. The number of primary sulfonamides is 1. The van der Waals surface area contributed by atoms with E-state index in [4.69, 9.17) is 5.14 Å². The Morgan fingerprint density at radius 3 is 2.94 bits per heavy atom. The van der Waals surface area contributed by atoms with E-state index in [1.807, 2.05) is 17.5 Å². The SMILES string of the molecule is NS(=O)(=O)C[C@H]1CCN(C(=O)Cc2cccs2)C1. The number of likely N-dealkylation sites (tertiary alicyclic amines) is 1. The molecular formula is C11H16N2O3S2. The summed E-state index contributed by atoms with van der Waals surface area (Å²) in [4.78, 5) is 14.7. The van der Waals surface area contributed by atoms with Crippen molar-refractivity contribution in [2.45, 2.75) is 12.8 Å². The third-order valence-electron chi connectivity index (χ3n) is 3.01. The molecule has 2 heterocycles. The van der Waals surface area contributed by atoms with Crippen molar-refractivity contribution in [1.29, 1.82) is 0 Å². The second-order valence-corrected chi connectivity index (χ2v) is 7.27. The molecule has 0 unspecified atom stereocenters. The van der Waals surface area contributed by atoms with Gasteiger partial charge in [0.05, 0.1) is 12.2 Å². The molecule has 2 N–H and O–H groups in total. The van der Waals surface area contributed by atoms with E-state index in [-0.39, 0.29) is 17.6 Å². The lowest BCUT2D eigenvalue weighted by Crippen LogP contribution is -2.31. The molecule has 0 aromatic carbocycles. The van der Waals surface area contributed by atoms with Gasteiger partial charge in [0, 0.05) is 18.0 Å². The quantitative estimate of drug-likeness (QED) is 0.872. The van der Waals surface area contributed by atoms with Gasteiger partial charge in [-0.2, -0.15) is 0 Å². The van der Waals surface area contributed by atoms with Crippen molar-refractivity contribution in [3.8, 4) is 0 Å². The highest BCUT2D eigenvalue weighted by molar-refractivity contribution is 7.89. The van der Waals surface area contributed by atoms with Crippen molar-refractivity contribution in [2.24, 2.45) is 11.1 Å². The molecule has 2 rings (SSSR count). The summed E-state index contributed by atoms with van der Waals surface area (Å²) in [5, 5.41) is 6.96. The number of carbonyl (C=O) groups is 1. The highest BCUT2D eigenvalue weighted by atomic mass is 32.2. The van der Waals surface area contributed by atoms with Gasteiger partial charge in [0.25, 0.3) is 0 Å². The average Bonchev–Trinajstić information content (AvgIpc) is 2.86. The molecule has 1 aliphatic rings. The predicted molar refractivity (Wildman–Crippen MR) is 70.7 cm³/mol. The summed E-state index contributed by atoms with van der Waals surface area (Å²) in [5.41, 5.74) is 0. The zero-order valence-corrected chi connectivity index (χ0v) is 11.5. The average molecular weight is 288 g/mol. The second-order valence-electron chi connectivity index (χ2n) is 4.58. The molecule has 1 atom stereocenters. The third kappa shape index (κ3) is 3.79. The fourth-order valence-electron chi connectivity index (χ4n) is 2.20. The maximum absolute atomic E-state index is 12.0. The lowest BCUT2D eigenvalue weighted by Gasteiger charge is -2.15. The number of nitrogens with zero attached hydrogens (tertiary/aromatic N) is 1. The van der Waals surface area contributed by atoms with Crippen LogP contribution in [0.5, 0.6) is 0 Å². The van der Waals surface area contributed by atoms with Crippen molar-refractivity contribution in [1.82, 2.24) is 4.90 Å². The van der Waals surface area contributed by atoms with E-state index in [2.05, 4.69) is 0 Å². The normalized spacial score (nSPS) is 20.3. The van der Waals surface area contributed by atoms with Crippen LogP contribution in [0.15, 0.2) is 17.5 Å². The van der Waals surface area contributed by atoms with Crippen molar-refractivity contribution in [2.75, 3.05) is 18.8 Å². The summed E-state index contributed by atoms with van der Waals surface area (Å²) in [6, 6.07) is 3.85. The van der Waals surface area contributed by atoms with Crippen LogP contribution in [-0.4, -0.2) is 38.1 Å². The van der Waals surface area contributed by atoms with Gasteiger partial charge in [-0.25, -0.2) is 13.6 Å². The molecule has 0 aliphatic carbocycles. The minimum Gasteiger partial charge on any atom is -0.342 e. The number of amides is 1. The Bertz CT molecular complexity index is 510. The van der Waals surface area contributed by atoms with Gasteiger partial charge in [0.1, 0.15) is 0 Å². The summed E-state index contributed by atoms with van der Waals surface area (Å²) in [5.74, 6) is 0.0112. The molecule has 1 fully saturated rings. The number of rotatable bonds is 4. The van der Waals surface area contributed by atoms with Crippen molar-refractivity contribution >= 4 is 27.3 Å². The maximum atomic E-state index is 12.0. The molecule has 1 aromatic heterocycles. The van der Waals surface area contributed by atoms with E-state index in [0.717, 1.165) is 4.88 Å². The zero-order valence-electron chi connectivity index (χ0n) is 9.91. The van der Waals surface area contributed by atoms with Crippen LogP contribution in [0, 0.1) is 5.92 Å². The minimum absolute atomic E-state index is 0.0210. The van der Waals surface area contributed by atoms with Crippen LogP contribution < -0.4 is 5.14 Å². The fraction of sp³-hybridized carbons (Fsp3) is 0.545. The third-order valence-corrected chi connectivity index (χ3v) is 4.82. The van der Waals surface area contributed by atoms with Gasteiger partial charge in [-0.3, -0.25) is 4.79 Å². The first-order valence-corrected chi connectivity index (χ1v) is 8.34. The van der Waals surface area contributed by atoms with Gasteiger partial charge in [0.15, 0.2) is 0 Å². The molecule has 0 saturated carbocycles. The summed E-state index contributed by atoms with van der Waals surface area (Å²) in [7, 11) is -3.44. The smallest absolute Gasteiger partial charge is 0.227 e. The maximum Gasteiger partial charge on any atom is 0.227 e. The molecule has 0 bridgehead atoms. The van der Waals surface area contributed by atoms with Crippen molar-refractivity contribution in [3.05, 3.63) is 22.4 Å². The summed E-state index contributed by atoms with van der Waals surface area (Å²) in [6.07, 6.45) is 1.12. The van der Waals surface area contributed by atoms with Crippen LogP contribution >= 0.6 is 11.3 Å². The predicted octanol–water partition coefficient (Wildman–Crippen LogP) is 0.428. The standard InChI is InChI=1S/C11H16N2O3S2/c12-18(15,16)8-9-3-4-13(7-9)11(14)6-10-2-1-5-17-10/h1-2,5,9H,3-4,6-8H2,(H2,12,15,16)/t9-/m0/s1. The number of hydrogen-bond donors (Lipinski definition) is 1. The first-order chi connectivity index (χ1) is 8.44. The lowest BCUT2D eigenvalue weighted by atomic mass is 10.2. The van der Waals surface area contributed by atoms with Crippen molar-refractivity contribution < 1.29 is 13.2 Å². The van der Waals surface area contributed by atoms with Gasteiger partial charge >= 0.3 is 0 Å². The van der Waals surface area contributed by atoms with Crippen LogP contribution in [-0.2, 0) is 21.2 Å². The topological polar surface area (TPSA) is 80.5 Å². The summed E-state index contributed by atoms with van der Waals surface area (Å²) in [6.45, 7) is 1.13. The van der Waals surface area contributed by atoms with Crippen LogP contribution in [0.1, 0.15) is 11.3 Å². The van der Waals surface area contributed by atoms with E-state index in [9.17, 15) is 13.2 Å². The van der Waals surface area contributed by atoms with Gasteiger partial charge in [-0.15, -0.1) is 11.3 Å². The van der Waals surface area contributed by atoms with E-state index < -0.39 is 10.0 Å². The molecule has 18 heavy (non-hydrogen) atoms. The Labute approximate surface area is 111 Å².